The van der Waals surface area contributed by atoms with E-state index in [0.717, 1.165) is 0 Å². The molecule has 0 bridgehead atoms. The maximum atomic E-state index is 12.3. The number of amidine groups is 1. The van der Waals surface area contributed by atoms with Crippen LogP contribution in [-0.2, 0) is 4.79 Å². The van der Waals surface area contributed by atoms with Gasteiger partial charge in [0.25, 0.3) is 5.91 Å². The van der Waals surface area contributed by atoms with Gasteiger partial charge in [0.1, 0.15) is 0 Å². The summed E-state index contributed by atoms with van der Waals surface area (Å²) in [4.78, 5) is 17.1. The van der Waals surface area contributed by atoms with Crippen LogP contribution in [0.3, 0.4) is 0 Å². The molecular formula is C18H13BrCl2N2O3S. The molecule has 1 aliphatic rings. The predicted molar refractivity (Wildman–Crippen MR) is 114 cm³/mol. The molecule has 0 radical (unpaired) electrons. The molecule has 0 aromatic heterocycles. The lowest BCUT2D eigenvalue weighted by molar-refractivity contribution is -0.115. The molecule has 2 aromatic carbocycles. The van der Waals surface area contributed by atoms with Gasteiger partial charge in [-0.05, 0) is 54.6 Å². The minimum atomic E-state index is -0.283. The van der Waals surface area contributed by atoms with E-state index in [1.54, 1.807) is 30.3 Å². The Morgan fingerprint density at radius 2 is 2.15 bits per heavy atom. The van der Waals surface area contributed by atoms with E-state index in [1.165, 1.54) is 17.8 Å². The van der Waals surface area contributed by atoms with Crippen molar-refractivity contribution in [3.8, 4) is 11.5 Å². The van der Waals surface area contributed by atoms with E-state index in [2.05, 4.69) is 26.2 Å². The van der Waals surface area contributed by atoms with Crippen LogP contribution in [0.25, 0.3) is 6.08 Å². The van der Waals surface area contributed by atoms with Crippen molar-refractivity contribution in [2.75, 3.05) is 6.61 Å². The summed E-state index contributed by atoms with van der Waals surface area (Å²) in [6.07, 6.45) is 1.69. The number of nitrogens with one attached hydrogen (secondary N) is 1. The number of halogens is 3. The maximum absolute atomic E-state index is 12.3. The first-order valence-electron chi connectivity index (χ1n) is 7.78. The first-order valence-corrected chi connectivity index (χ1v) is 10.1. The molecule has 2 aromatic rings. The van der Waals surface area contributed by atoms with Gasteiger partial charge in [-0.2, -0.15) is 0 Å². The molecule has 9 heteroatoms. The second-order valence-electron chi connectivity index (χ2n) is 5.33. The highest BCUT2D eigenvalue weighted by molar-refractivity contribution is 9.10. The molecule has 0 aliphatic carbocycles. The van der Waals surface area contributed by atoms with Gasteiger partial charge in [-0.15, -0.1) is 0 Å². The van der Waals surface area contributed by atoms with Gasteiger partial charge < -0.3 is 15.2 Å². The van der Waals surface area contributed by atoms with Gasteiger partial charge in [-0.3, -0.25) is 4.79 Å². The van der Waals surface area contributed by atoms with Crippen LogP contribution in [0.5, 0.6) is 11.5 Å². The summed E-state index contributed by atoms with van der Waals surface area (Å²) in [5.41, 5.74) is 1.16. The Morgan fingerprint density at radius 1 is 1.37 bits per heavy atom. The van der Waals surface area contributed by atoms with Crippen molar-refractivity contribution in [1.29, 1.82) is 0 Å². The molecule has 0 unspecified atom stereocenters. The van der Waals surface area contributed by atoms with Crippen LogP contribution in [0, 0.1) is 0 Å². The largest absolute Gasteiger partial charge is 0.504 e. The van der Waals surface area contributed by atoms with E-state index >= 15 is 0 Å². The van der Waals surface area contributed by atoms with Crippen LogP contribution in [-0.4, -0.2) is 22.8 Å². The fraction of sp³-hybridized carbons (Fsp3) is 0.111. The quantitative estimate of drug-likeness (QED) is 0.538. The Balaban J connectivity index is 1.91. The van der Waals surface area contributed by atoms with E-state index < -0.39 is 0 Å². The molecule has 1 amide bonds. The number of ether oxygens (including phenoxy) is 1. The molecular weight excluding hydrogens is 475 g/mol. The van der Waals surface area contributed by atoms with Crippen LogP contribution in [0.15, 0.2) is 44.7 Å². The molecule has 5 nitrogen and oxygen atoms in total. The molecule has 0 spiro atoms. The molecule has 1 fully saturated rings. The number of nitrogens with zero attached hydrogens (tertiary/aromatic N) is 1. The molecule has 0 atom stereocenters. The van der Waals surface area contributed by atoms with Crippen LogP contribution in [0.1, 0.15) is 12.5 Å². The number of amides is 1. The summed E-state index contributed by atoms with van der Waals surface area (Å²) in [5.74, 6) is 0.0811. The maximum Gasteiger partial charge on any atom is 0.264 e. The SMILES string of the molecule is CCOc1cc(/C=C2/SC(=Nc3cccc(Cl)c3Cl)NC2=O)c(Br)cc1O. The molecule has 0 saturated carbocycles. The first-order chi connectivity index (χ1) is 12.9. The summed E-state index contributed by atoms with van der Waals surface area (Å²) in [6, 6.07) is 8.29. The first kappa shape index (κ1) is 20.1. The number of hydrogen-bond donors (Lipinski definition) is 2. The zero-order valence-corrected chi connectivity index (χ0v) is 17.8. The number of benzene rings is 2. The second kappa shape index (κ2) is 8.56. The van der Waals surface area contributed by atoms with Gasteiger partial charge in [-0.1, -0.05) is 45.2 Å². The number of carbonyl (C=O) groups is 1. The molecule has 1 saturated heterocycles. The molecule has 3 rings (SSSR count). The average molecular weight is 488 g/mol. The minimum Gasteiger partial charge on any atom is -0.504 e. The third kappa shape index (κ3) is 4.60. The molecule has 140 valence electrons. The predicted octanol–water partition coefficient (Wildman–Crippen LogP) is 5.75. The van der Waals surface area contributed by atoms with Crippen LogP contribution < -0.4 is 10.1 Å². The summed E-state index contributed by atoms with van der Waals surface area (Å²) in [7, 11) is 0. The Bertz CT molecular complexity index is 979. The van der Waals surface area contributed by atoms with E-state index in [1.807, 2.05) is 6.92 Å². The topological polar surface area (TPSA) is 70.9 Å². The summed E-state index contributed by atoms with van der Waals surface area (Å²) in [5, 5.41) is 13.7. The number of carbonyl (C=O) groups excluding carboxylic acids is 1. The summed E-state index contributed by atoms with van der Waals surface area (Å²) in [6.45, 7) is 2.24. The molecule has 2 N–H and O–H groups in total. The van der Waals surface area contributed by atoms with E-state index in [0.29, 0.717) is 48.2 Å². The fourth-order valence-electron chi connectivity index (χ4n) is 2.25. The van der Waals surface area contributed by atoms with Crippen molar-refractivity contribution in [1.82, 2.24) is 5.32 Å². The second-order valence-corrected chi connectivity index (χ2v) is 8.00. The Labute approximate surface area is 178 Å². The lowest BCUT2D eigenvalue weighted by Gasteiger charge is -2.08. The monoisotopic (exact) mass is 486 g/mol. The molecule has 1 heterocycles. The Morgan fingerprint density at radius 3 is 2.89 bits per heavy atom. The Kier molecular flexibility index (Phi) is 6.37. The van der Waals surface area contributed by atoms with Crippen molar-refractivity contribution in [2.24, 2.45) is 4.99 Å². The zero-order chi connectivity index (χ0) is 19.6. The number of thioether (sulfide) groups is 1. The van der Waals surface area contributed by atoms with Gasteiger partial charge >= 0.3 is 0 Å². The third-order valence-electron chi connectivity index (χ3n) is 3.47. The highest BCUT2D eigenvalue weighted by Gasteiger charge is 2.24. The van der Waals surface area contributed by atoms with Crippen molar-refractivity contribution in [3.05, 3.63) is 55.3 Å². The number of aromatic hydroxyl groups is 1. The normalized spacial score (nSPS) is 16.8. The van der Waals surface area contributed by atoms with Gasteiger partial charge in [0.15, 0.2) is 16.7 Å². The van der Waals surface area contributed by atoms with Crippen LogP contribution in [0.4, 0.5) is 5.69 Å². The lowest BCUT2D eigenvalue weighted by Crippen LogP contribution is -2.19. The fourth-order valence-corrected chi connectivity index (χ4v) is 3.86. The summed E-state index contributed by atoms with van der Waals surface area (Å²) < 4.78 is 6.02. The number of aliphatic imine (C=N–C) groups is 1. The zero-order valence-electron chi connectivity index (χ0n) is 13.9. The van der Waals surface area contributed by atoms with Crippen LogP contribution >= 0.6 is 50.9 Å². The number of rotatable bonds is 4. The smallest absolute Gasteiger partial charge is 0.264 e. The van der Waals surface area contributed by atoms with Crippen molar-refractivity contribution in [3.63, 3.8) is 0 Å². The average Bonchev–Trinajstić information content (AvgIpc) is 2.95. The Hall–Kier alpha value is -1.67. The van der Waals surface area contributed by atoms with Crippen LogP contribution in [0.2, 0.25) is 10.0 Å². The lowest BCUT2D eigenvalue weighted by atomic mass is 10.2. The molecule has 1 aliphatic heterocycles. The third-order valence-corrected chi connectivity index (χ3v) is 5.87. The van der Waals surface area contributed by atoms with Crippen molar-refractivity contribution in [2.45, 2.75) is 6.92 Å². The highest BCUT2D eigenvalue weighted by Crippen LogP contribution is 2.37. The van der Waals surface area contributed by atoms with Gasteiger partial charge in [0.2, 0.25) is 0 Å². The van der Waals surface area contributed by atoms with Gasteiger partial charge in [-0.25, -0.2) is 4.99 Å². The summed E-state index contributed by atoms with van der Waals surface area (Å²) >= 11 is 16.7. The minimum absolute atomic E-state index is 0.0206. The standard InChI is InChI=1S/C18H13BrCl2N2O3S/c1-2-26-14-6-9(10(19)8-13(14)24)7-15-17(25)23-18(27-15)22-12-5-3-4-11(20)16(12)21/h3-8,24H,2H2,1H3,(H,22,23,25)/b15-7+. The number of hydrogen-bond acceptors (Lipinski definition) is 5. The highest BCUT2D eigenvalue weighted by atomic mass is 79.9. The van der Waals surface area contributed by atoms with Crippen molar-refractivity contribution < 1.29 is 14.6 Å². The van der Waals surface area contributed by atoms with Gasteiger partial charge in [0.05, 0.1) is 27.2 Å². The van der Waals surface area contributed by atoms with Gasteiger partial charge in [0, 0.05) is 4.47 Å². The number of phenols is 1. The van der Waals surface area contributed by atoms with Crippen molar-refractivity contribution >= 4 is 73.7 Å². The number of phenolic OH excluding ortho intramolecular Hbond substituents is 1. The molecule has 27 heavy (non-hydrogen) atoms. The van der Waals surface area contributed by atoms with E-state index in [-0.39, 0.29) is 11.7 Å². The van der Waals surface area contributed by atoms with E-state index in [4.69, 9.17) is 27.9 Å². The van der Waals surface area contributed by atoms with E-state index in [9.17, 15) is 9.90 Å².